The van der Waals surface area contributed by atoms with Crippen molar-refractivity contribution < 1.29 is 19.5 Å². The van der Waals surface area contributed by atoms with Crippen LogP contribution in [-0.4, -0.2) is 31.5 Å². The number of piperidine rings is 1. The third-order valence-corrected chi connectivity index (χ3v) is 7.30. The predicted octanol–water partition coefficient (Wildman–Crippen LogP) is 3.81. The fraction of sp³-hybridized carbons (Fsp3) is 0.500. The highest BCUT2D eigenvalue weighted by Crippen LogP contribution is 2.46. The summed E-state index contributed by atoms with van der Waals surface area (Å²) < 4.78 is 11.3. The summed E-state index contributed by atoms with van der Waals surface area (Å²) >= 11 is 6.50. The van der Waals surface area contributed by atoms with Crippen LogP contribution in [0.15, 0.2) is 42.5 Å². The van der Waals surface area contributed by atoms with Crippen molar-refractivity contribution in [2.75, 3.05) is 20.8 Å². The topological polar surface area (TPSA) is 43.1 Å². The first-order valence-electron chi connectivity index (χ1n) is 10.6. The van der Waals surface area contributed by atoms with Gasteiger partial charge in [0.05, 0.1) is 31.9 Å². The van der Waals surface area contributed by atoms with Crippen LogP contribution in [0.1, 0.15) is 49.3 Å². The van der Waals surface area contributed by atoms with Gasteiger partial charge in [0, 0.05) is 22.9 Å². The molecule has 1 unspecified atom stereocenters. The van der Waals surface area contributed by atoms with Crippen molar-refractivity contribution >= 4 is 11.6 Å². The lowest BCUT2D eigenvalue weighted by Gasteiger charge is -2.50. The summed E-state index contributed by atoms with van der Waals surface area (Å²) in [6, 6.07) is 14.2. The molecule has 1 aliphatic carbocycles. The van der Waals surface area contributed by atoms with Gasteiger partial charge in [0.25, 0.3) is 0 Å². The van der Waals surface area contributed by atoms with Gasteiger partial charge >= 0.3 is 0 Å². The maximum absolute atomic E-state index is 11.5. The van der Waals surface area contributed by atoms with Crippen LogP contribution in [0.25, 0.3) is 0 Å². The summed E-state index contributed by atoms with van der Waals surface area (Å²) in [7, 11) is 3.41. The Kier molecular flexibility index (Phi) is 6.05. The molecule has 4 rings (SSSR count). The third kappa shape index (κ3) is 3.98. The maximum atomic E-state index is 11.5. The number of ether oxygens (including phenoxy) is 2. The minimum absolute atomic E-state index is 0.135. The molecule has 0 radical (unpaired) electrons. The number of likely N-dealkylation sites (tertiary alicyclic amines) is 1. The Hall–Kier alpha value is -1.75. The number of hydrogen-bond donors (Lipinski definition) is 2. The minimum Gasteiger partial charge on any atom is -0.497 e. The molecule has 0 aromatic heterocycles. The average molecular weight is 417 g/mol. The molecule has 2 aromatic rings. The SMILES string of the molecule is COc1ccc(OC)c([C@H]2[C@H]3CCCC[C@@]3(O)CC[NH+]2Cc2ccccc2Cl)c1. The van der Waals surface area contributed by atoms with Crippen LogP contribution in [0.3, 0.4) is 0 Å². The highest BCUT2D eigenvalue weighted by atomic mass is 35.5. The molecule has 0 bridgehead atoms. The standard InChI is InChI=1S/C24H30ClNO3/c1-28-18-10-11-22(29-2)19(15-18)23-20-8-5-6-12-24(20,27)13-14-26(23)16-17-7-3-4-9-21(17)25/h3-4,7,9-11,15,20,23,27H,5-6,8,12-14,16H2,1-2H3/p+1/t20-,23+,24-/m1/s1. The third-order valence-electron chi connectivity index (χ3n) is 6.93. The van der Waals surface area contributed by atoms with Crippen LogP contribution < -0.4 is 14.4 Å². The van der Waals surface area contributed by atoms with Gasteiger partial charge in [0.15, 0.2) is 0 Å². The maximum Gasteiger partial charge on any atom is 0.128 e. The zero-order chi connectivity index (χ0) is 20.4. The molecular weight excluding hydrogens is 386 g/mol. The van der Waals surface area contributed by atoms with E-state index in [0.717, 1.165) is 72.8 Å². The number of halogens is 1. The Balaban J connectivity index is 1.78. The van der Waals surface area contributed by atoms with Gasteiger partial charge in [-0.3, -0.25) is 0 Å². The molecule has 2 N–H and O–H groups in total. The van der Waals surface area contributed by atoms with Crippen molar-refractivity contribution in [1.29, 1.82) is 0 Å². The number of quaternary nitrogens is 1. The Morgan fingerprint density at radius 2 is 1.93 bits per heavy atom. The quantitative estimate of drug-likeness (QED) is 0.778. The first kappa shape index (κ1) is 20.5. The van der Waals surface area contributed by atoms with E-state index in [1.54, 1.807) is 14.2 Å². The van der Waals surface area contributed by atoms with E-state index in [1.165, 1.54) is 4.90 Å². The van der Waals surface area contributed by atoms with E-state index in [0.29, 0.717) is 0 Å². The van der Waals surface area contributed by atoms with E-state index in [2.05, 4.69) is 12.1 Å². The molecule has 0 amide bonds. The second kappa shape index (κ2) is 8.55. The van der Waals surface area contributed by atoms with Gasteiger partial charge in [0.2, 0.25) is 0 Å². The molecule has 1 heterocycles. The van der Waals surface area contributed by atoms with Crippen LogP contribution in [0.5, 0.6) is 11.5 Å². The van der Waals surface area contributed by atoms with E-state index >= 15 is 0 Å². The fourth-order valence-corrected chi connectivity index (χ4v) is 5.66. The summed E-state index contributed by atoms with van der Waals surface area (Å²) in [6.45, 7) is 1.74. The molecule has 5 heteroatoms. The van der Waals surface area contributed by atoms with Crippen molar-refractivity contribution in [3.8, 4) is 11.5 Å². The van der Waals surface area contributed by atoms with Gasteiger partial charge in [-0.2, -0.15) is 0 Å². The highest BCUT2D eigenvalue weighted by Gasteiger charge is 2.52. The minimum atomic E-state index is -0.596. The van der Waals surface area contributed by atoms with E-state index in [4.69, 9.17) is 21.1 Å². The summed E-state index contributed by atoms with van der Waals surface area (Å²) in [5.41, 5.74) is 1.68. The molecule has 29 heavy (non-hydrogen) atoms. The number of fused-ring (bicyclic) bond motifs is 1. The van der Waals surface area contributed by atoms with Crippen LogP contribution in [0.4, 0.5) is 0 Å². The van der Waals surface area contributed by atoms with Gasteiger partial charge < -0.3 is 19.5 Å². The first-order valence-corrected chi connectivity index (χ1v) is 11.0. The summed E-state index contributed by atoms with van der Waals surface area (Å²) in [4.78, 5) is 1.43. The lowest BCUT2D eigenvalue weighted by atomic mass is 9.66. The van der Waals surface area contributed by atoms with Gasteiger partial charge in [-0.05, 0) is 37.1 Å². The van der Waals surface area contributed by atoms with Crippen LogP contribution in [0, 0.1) is 5.92 Å². The van der Waals surface area contributed by atoms with Gasteiger partial charge in [-0.25, -0.2) is 0 Å². The molecule has 4 nitrogen and oxygen atoms in total. The highest BCUT2D eigenvalue weighted by molar-refractivity contribution is 6.31. The molecule has 4 atom stereocenters. The number of rotatable bonds is 5. The molecule has 2 aliphatic rings. The van der Waals surface area contributed by atoms with Crippen molar-refractivity contribution in [1.82, 2.24) is 0 Å². The average Bonchev–Trinajstić information content (AvgIpc) is 2.74. The number of hydrogen-bond acceptors (Lipinski definition) is 3. The second-order valence-electron chi connectivity index (χ2n) is 8.47. The molecule has 156 valence electrons. The van der Waals surface area contributed by atoms with E-state index in [-0.39, 0.29) is 12.0 Å². The lowest BCUT2D eigenvalue weighted by molar-refractivity contribution is -0.958. The van der Waals surface area contributed by atoms with Gasteiger partial charge in [-0.1, -0.05) is 42.6 Å². The molecule has 1 saturated heterocycles. The van der Waals surface area contributed by atoms with Crippen molar-refractivity contribution in [3.05, 3.63) is 58.6 Å². The van der Waals surface area contributed by atoms with Gasteiger partial charge in [-0.15, -0.1) is 0 Å². The number of methoxy groups -OCH3 is 2. The van der Waals surface area contributed by atoms with E-state index < -0.39 is 5.60 Å². The van der Waals surface area contributed by atoms with Crippen LogP contribution in [0.2, 0.25) is 5.02 Å². The normalized spacial score (nSPS) is 29.2. The summed E-state index contributed by atoms with van der Waals surface area (Å²) in [5, 5.41) is 12.3. The number of aliphatic hydroxyl groups is 1. The lowest BCUT2D eigenvalue weighted by Crippen LogP contribution is -3.13. The van der Waals surface area contributed by atoms with Crippen molar-refractivity contribution in [3.63, 3.8) is 0 Å². The monoisotopic (exact) mass is 416 g/mol. The van der Waals surface area contributed by atoms with Crippen molar-refractivity contribution in [2.45, 2.75) is 50.3 Å². The van der Waals surface area contributed by atoms with E-state index in [1.807, 2.05) is 30.3 Å². The molecular formula is C24H31ClNO3+. The molecule has 0 spiro atoms. The zero-order valence-electron chi connectivity index (χ0n) is 17.3. The molecule has 1 aliphatic heterocycles. The largest absolute Gasteiger partial charge is 0.497 e. The Morgan fingerprint density at radius 1 is 1.10 bits per heavy atom. The molecule has 2 aromatic carbocycles. The Labute approximate surface area is 178 Å². The summed E-state index contributed by atoms with van der Waals surface area (Å²) in [5.74, 6) is 1.88. The fourth-order valence-electron chi connectivity index (χ4n) is 5.46. The zero-order valence-corrected chi connectivity index (χ0v) is 18.0. The predicted molar refractivity (Wildman–Crippen MR) is 115 cm³/mol. The molecule has 2 fully saturated rings. The Morgan fingerprint density at radius 3 is 2.69 bits per heavy atom. The van der Waals surface area contributed by atoms with E-state index in [9.17, 15) is 5.11 Å². The molecule has 1 saturated carbocycles. The van der Waals surface area contributed by atoms with Gasteiger partial charge in [0.1, 0.15) is 24.1 Å². The van der Waals surface area contributed by atoms with Crippen molar-refractivity contribution in [2.24, 2.45) is 5.92 Å². The second-order valence-corrected chi connectivity index (χ2v) is 8.88. The first-order chi connectivity index (χ1) is 14.1. The number of benzene rings is 2. The Bertz CT molecular complexity index is 858. The van der Waals surface area contributed by atoms with Crippen LogP contribution in [-0.2, 0) is 6.54 Å². The van der Waals surface area contributed by atoms with Crippen LogP contribution >= 0.6 is 11.6 Å². The number of nitrogens with one attached hydrogen (secondary N) is 1. The smallest absolute Gasteiger partial charge is 0.128 e. The summed E-state index contributed by atoms with van der Waals surface area (Å²) in [6.07, 6.45) is 5.03.